The van der Waals surface area contributed by atoms with Crippen LogP contribution in [0.4, 0.5) is 4.79 Å². The lowest BCUT2D eigenvalue weighted by atomic mass is 9.84. The van der Waals surface area contributed by atoms with Crippen LogP contribution in [0.1, 0.15) is 65.7 Å². The van der Waals surface area contributed by atoms with Gasteiger partial charge in [0.2, 0.25) is 0 Å². The summed E-state index contributed by atoms with van der Waals surface area (Å²) in [5, 5.41) is 6.96. The molecule has 1 heterocycles. The first kappa shape index (κ1) is 23.3. The van der Waals surface area contributed by atoms with E-state index in [1.807, 2.05) is 6.92 Å². The number of hydrogen-bond donors (Lipinski definition) is 2. The van der Waals surface area contributed by atoms with Gasteiger partial charge in [0.05, 0.1) is 6.61 Å². The first-order valence-electron chi connectivity index (χ1n) is 10.1. The Balaban J connectivity index is 0.00000338. The van der Waals surface area contributed by atoms with Gasteiger partial charge in [0.1, 0.15) is 0 Å². The van der Waals surface area contributed by atoms with Gasteiger partial charge in [-0.15, -0.1) is 24.0 Å². The third-order valence-electron chi connectivity index (χ3n) is 5.69. The molecule has 0 spiro atoms. The van der Waals surface area contributed by atoms with Crippen LogP contribution in [0, 0.1) is 5.41 Å². The highest BCUT2D eigenvalue weighted by molar-refractivity contribution is 14.0. The van der Waals surface area contributed by atoms with E-state index >= 15 is 0 Å². The largest absolute Gasteiger partial charge is 0.450 e. The summed E-state index contributed by atoms with van der Waals surface area (Å²) in [7, 11) is 0. The molecule has 2 N–H and O–H groups in total. The van der Waals surface area contributed by atoms with Crippen molar-refractivity contribution in [2.75, 3.05) is 32.8 Å². The summed E-state index contributed by atoms with van der Waals surface area (Å²) >= 11 is 0. The third kappa shape index (κ3) is 6.78. The fraction of sp³-hybridized carbons (Fsp3) is 0.895. The normalized spacial score (nSPS) is 20.4. The van der Waals surface area contributed by atoms with E-state index < -0.39 is 0 Å². The second-order valence-electron chi connectivity index (χ2n) is 7.36. The van der Waals surface area contributed by atoms with Crippen LogP contribution in [0.25, 0.3) is 0 Å². The smallest absolute Gasteiger partial charge is 0.409 e. The molecule has 0 aromatic heterocycles. The maximum absolute atomic E-state index is 11.8. The fourth-order valence-electron chi connectivity index (χ4n) is 3.93. The van der Waals surface area contributed by atoms with Gasteiger partial charge in [-0.2, -0.15) is 0 Å². The summed E-state index contributed by atoms with van der Waals surface area (Å²) in [4.78, 5) is 18.5. The molecule has 6 nitrogen and oxygen atoms in total. The molecule has 2 rings (SSSR count). The summed E-state index contributed by atoms with van der Waals surface area (Å²) in [6.45, 7) is 9.96. The maximum Gasteiger partial charge on any atom is 0.409 e. The molecule has 7 heteroatoms. The van der Waals surface area contributed by atoms with Gasteiger partial charge in [0.25, 0.3) is 0 Å². The van der Waals surface area contributed by atoms with Crippen LogP contribution in [0.15, 0.2) is 4.99 Å². The summed E-state index contributed by atoms with van der Waals surface area (Å²) < 4.78 is 5.09. The van der Waals surface area contributed by atoms with Gasteiger partial charge in [0, 0.05) is 32.2 Å². The number of rotatable bonds is 6. The van der Waals surface area contributed by atoms with Crippen LogP contribution in [-0.2, 0) is 4.74 Å². The Labute approximate surface area is 175 Å². The molecule has 2 fully saturated rings. The third-order valence-corrected chi connectivity index (χ3v) is 5.69. The van der Waals surface area contributed by atoms with Crippen molar-refractivity contribution < 1.29 is 9.53 Å². The zero-order valence-electron chi connectivity index (χ0n) is 16.7. The number of carbonyl (C=O) groups is 1. The van der Waals surface area contributed by atoms with E-state index in [2.05, 4.69) is 24.5 Å². The molecule has 1 aliphatic carbocycles. The van der Waals surface area contributed by atoms with Crippen LogP contribution in [-0.4, -0.2) is 55.8 Å². The summed E-state index contributed by atoms with van der Waals surface area (Å²) in [6.07, 6.45) is 8.21. The minimum Gasteiger partial charge on any atom is -0.450 e. The summed E-state index contributed by atoms with van der Waals surface area (Å²) in [5.41, 5.74) is 0.412. The highest BCUT2D eigenvalue weighted by atomic mass is 127. The Morgan fingerprint density at radius 1 is 1.19 bits per heavy atom. The number of amides is 1. The molecule has 0 aromatic carbocycles. The second-order valence-corrected chi connectivity index (χ2v) is 7.36. The first-order chi connectivity index (χ1) is 12.1. The van der Waals surface area contributed by atoms with Crippen molar-refractivity contribution in [1.82, 2.24) is 15.5 Å². The first-order valence-corrected chi connectivity index (χ1v) is 10.1. The average molecular weight is 480 g/mol. The minimum atomic E-state index is -0.187. The maximum atomic E-state index is 11.8. The van der Waals surface area contributed by atoms with Crippen molar-refractivity contribution in [1.29, 1.82) is 0 Å². The topological polar surface area (TPSA) is 66.0 Å². The van der Waals surface area contributed by atoms with E-state index in [0.717, 1.165) is 45.0 Å². The van der Waals surface area contributed by atoms with Crippen LogP contribution >= 0.6 is 24.0 Å². The van der Waals surface area contributed by atoms with Gasteiger partial charge in [-0.05, 0) is 51.4 Å². The molecule has 0 aromatic rings. The lowest BCUT2D eigenvalue weighted by molar-refractivity contribution is 0.0963. The molecule has 0 unspecified atom stereocenters. The van der Waals surface area contributed by atoms with Gasteiger partial charge in [0.15, 0.2) is 5.96 Å². The van der Waals surface area contributed by atoms with Crippen molar-refractivity contribution in [3.8, 4) is 0 Å². The molecular weight excluding hydrogens is 443 g/mol. The van der Waals surface area contributed by atoms with Gasteiger partial charge in [-0.1, -0.05) is 19.8 Å². The van der Waals surface area contributed by atoms with E-state index in [1.165, 1.54) is 32.1 Å². The number of ether oxygens (including phenoxy) is 1. The number of piperidine rings is 1. The molecule has 0 radical (unpaired) electrons. The van der Waals surface area contributed by atoms with Crippen molar-refractivity contribution in [3.63, 3.8) is 0 Å². The molecule has 0 atom stereocenters. The predicted octanol–water partition coefficient (Wildman–Crippen LogP) is 3.75. The van der Waals surface area contributed by atoms with Crippen LogP contribution in [0.5, 0.6) is 0 Å². The fourth-order valence-corrected chi connectivity index (χ4v) is 3.93. The molecule has 1 amide bonds. The zero-order valence-corrected chi connectivity index (χ0v) is 19.0. The van der Waals surface area contributed by atoms with Crippen LogP contribution < -0.4 is 10.6 Å². The van der Waals surface area contributed by atoms with E-state index in [4.69, 9.17) is 9.73 Å². The number of likely N-dealkylation sites (tertiary alicyclic amines) is 1. The average Bonchev–Trinajstić information content (AvgIpc) is 3.10. The van der Waals surface area contributed by atoms with Crippen molar-refractivity contribution >= 4 is 36.0 Å². The molecule has 152 valence electrons. The highest BCUT2D eigenvalue weighted by Gasteiger charge is 2.32. The number of aliphatic imine (C=N–C) groups is 1. The van der Waals surface area contributed by atoms with Gasteiger partial charge in [-0.25, -0.2) is 4.79 Å². The molecule has 26 heavy (non-hydrogen) atoms. The quantitative estimate of drug-likeness (QED) is 0.345. The Hall–Kier alpha value is -0.730. The van der Waals surface area contributed by atoms with Crippen molar-refractivity contribution in [2.24, 2.45) is 10.4 Å². The Morgan fingerprint density at radius 3 is 2.38 bits per heavy atom. The minimum absolute atomic E-state index is 0. The molecule has 1 aliphatic heterocycles. The Bertz CT molecular complexity index is 445. The zero-order chi connectivity index (χ0) is 18.1. The molecule has 0 bridgehead atoms. The van der Waals surface area contributed by atoms with Gasteiger partial charge >= 0.3 is 6.09 Å². The lowest BCUT2D eigenvalue weighted by Crippen LogP contribution is -2.50. The number of carbonyl (C=O) groups excluding carboxylic acids is 1. The number of nitrogens with one attached hydrogen (secondary N) is 2. The van der Waals surface area contributed by atoms with E-state index in [1.54, 1.807) is 4.90 Å². The van der Waals surface area contributed by atoms with E-state index in [9.17, 15) is 4.79 Å². The predicted molar refractivity (Wildman–Crippen MR) is 117 cm³/mol. The van der Waals surface area contributed by atoms with Crippen molar-refractivity contribution in [3.05, 3.63) is 0 Å². The van der Waals surface area contributed by atoms with Gasteiger partial charge in [-0.3, -0.25) is 4.99 Å². The second kappa shape index (κ2) is 11.9. The van der Waals surface area contributed by atoms with E-state index in [-0.39, 0.29) is 30.1 Å². The lowest BCUT2D eigenvalue weighted by Gasteiger charge is -2.32. The molecular formula is C19H37IN4O2. The number of halogens is 1. The van der Waals surface area contributed by atoms with Crippen LogP contribution in [0.3, 0.4) is 0 Å². The molecule has 2 aliphatic rings. The van der Waals surface area contributed by atoms with Crippen LogP contribution in [0.2, 0.25) is 0 Å². The monoisotopic (exact) mass is 480 g/mol. The Kier molecular flexibility index (Phi) is 10.6. The SMILES string of the molecule is CCNC(=NCC1(CC)CCCC1)NC1CCN(C(=O)OCC)CC1.I. The molecule has 1 saturated carbocycles. The Morgan fingerprint density at radius 2 is 1.85 bits per heavy atom. The summed E-state index contributed by atoms with van der Waals surface area (Å²) in [6, 6.07) is 0.365. The van der Waals surface area contributed by atoms with Gasteiger partial charge < -0.3 is 20.3 Å². The number of hydrogen-bond acceptors (Lipinski definition) is 3. The van der Waals surface area contributed by atoms with E-state index in [0.29, 0.717) is 18.1 Å². The molecule has 1 saturated heterocycles. The number of nitrogens with zero attached hydrogens (tertiary/aromatic N) is 2. The number of guanidine groups is 1. The standard InChI is InChI=1S/C19H36N4O2.HI/c1-4-19(11-7-8-12-19)15-21-17(20-5-2)22-16-9-13-23(14-10-16)18(24)25-6-3;/h16H,4-15H2,1-3H3,(H2,20,21,22);1H. The highest BCUT2D eigenvalue weighted by Crippen LogP contribution is 2.41. The van der Waals surface area contributed by atoms with Crippen molar-refractivity contribution in [2.45, 2.75) is 71.8 Å². The summed E-state index contributed by atoms with van der Waals surface area (Å²) in [5.74, 6) is 0.928.